The van der Waals surface area contributed by atoms with Crippen molar-refractivity contribution in [3.63, 3.8) is 0 Å². The lowest BCUT2D eigenvalue weighted by molar-refractivity contribution is -0.131. The molecule has 2 unspecified atom stereocenters. The topological polar surface area (TPSA) is 135 Å². The first kappa shape index (κ1) is 30.8. The number of nitrogens with two attached hydrogens (primary N) is 1. The van der Waals surface area contributed by atoms with Gasteiger partial charge in [0.2, 0.25) is 11.8 Å². The summed E-state index contributed by atoms with van der Waals surface area (Å²) in [6, 6.07) is 14.6. The maximum Gasteiger partial charge on any atom is 0.242 e. The summed E-state index contributed by atoms with van der Waals surface area (Å²) in [5.74, 6) is 0.381. The zero-order chi connectivity index (χ0) is 29.4. The van der Waals surface area contributed by atoms with Crippen molar-refractivity contribution in [1.29, 1.82) is 10.8 Å². The van der Waals surface area contributed by atoms with Crippen molar-refractivity contribution in [1.82, 2.24) is 15.5 Å². The van der Waals surface area contributed by atoms with Crippen LogP contribution in [0.5, 0.6) is 0 Å². The van der Waals surface area contributed by atoms with Crippen LogP contribution < -0.4 is 16.4 Å². The fourth-order valence-electron chi connectivity index (χ4n) is 6.09. The minimum absolute atomic E-state index is 0.00885. The van der Waals surface area contributed by atoms with E-state index in [1.165, 1.54) is 6.42 Å². The first-order valence-corrected chi connectivity index (χ1v) is 15.6. The molecule has 2 aromatic rings. The molecule has 220 valence electrons. The molecule has 2 atom stereocenters. The Morgan fingerprint density at radius 2 is 1.68 bits per heavy atom. The van der Waals surface area contributed by atoms with Crippen LogP contribution >= 0.6 is 15.9 Å². The van der Waals surface area contributed by atoms with Crippen molar-refractivity contribution in [2.45, 2.75) is 70.3 Å². The zero-order valence-electron chi connectivity index (χ0n) is 23.9. The number of amides is 2. The molecule has 6 N–H and O–H groups in total. The van der Waals surface area contributed by atoms with Crippen LogP contribution in [0, 0.1) is 22.7 Å². The first-order chi connectivity index (χ1) is 19.7. The number of hydrogen-bond acceptors (Lipinski definition) is 4. The van der Waals surface area contributed by atoms with Crippen molar-refractivity contribution >= 4 is 39.4 Å². The maximum absolute atomic E-state index is 14.0. The highest BCUT2D eigenvalue weighted by Crippen LogP contribution is 2.29. The van der Waals surface area contributed by atoms with E-state index in [1.807, 2.05) is 43.3 Å². The van der Waals surface area contributed by atoms with E-state index in [0.29, 0.717) is 30.3 Å². The lowest BCUT2D eigenvalue weighted by atomic mass is 9.82. The number of nitrogens with one attached hydrogen (secondary N) is 4. The lowest BCUT2D eigenvalue weighted by Gasteiger charge is -2.34. The largest absolute Gasteiger partial charge is 0.384 e. The van der Waals surface area contributed by atoms with E-state index in [0.717, 1.165) is 67.2 Å². The molecule has 0 aromatic heterocycles. The Balaban J connectivity index is 1.49. The fourth-order valence-corrected chi connectivity index (χ4v) is 6.50. The minimum atomic E-state index is -0.568. The van der Waals surface area contributed by atoms with Gasteiger partial charge in [0, 0.05) is 29.7 Å². The molecule has 1 aliphatic heterocycles. The Hall–Kier alpha value is -3.20. The van der Waals surface area contributed by atoms with Crippen LogP contribution in [0.4, 0.5) is 0 Å². The van der Waals surface area contributed by atoms with Gasteiger partial charge in [-0.2, -0.15) is 0 Å². The molecule has 2 aromatic carbocycles. The molecule has 0 spiro atoms. The Kier molecular flexibility index (Phi) is 11.0. The number of nitrogens with zero attached hydrogens (tertiary/aromatic N) is 1. The van der Waals surface area contributed by atoms with Crippen LogP contribution in [-0.4, -0.2) is 54.1 Å². The lowest BCUT2D eigenvalue weighted by Crippen LogP contribution is -2.53. The molecule has 1 heterocycles. The number of likely N-dealkylation sites (tertiary alicyclic amines) is 1. The van der Waals surface area contributed by atoms with Gasteiger partial charge in [-0.05, 0) is 74.1 Å². The summed E-state index contributed by atoms with van der Waals surface area (Å²) in [6.45, 7) is 4.11. The second-order valence-electron chi connectivity index (χ2n) is 11.6. The van der Waals surface area contributed by atoms with Crippen molar-refractivity contribution in [3.05, 3.63) is 69.7 Å². The predicted molar refractivity (Wildman–Crippen MR) is 167 cm³/mol. The van der Waals surface area contributed by atoms with Gasteiger partial charge in [0.25, 0.3) is 0 Å². The van der Waals surface area contributed by atoms with E-state index < -0.39 is 12.0 Å². The molecule has 2 amide bonds. The molecular formula is C32H43BrN6O2. The van der Waals surface area contributed by atoms with Crippen LogP contribution in [0.3, 0.4) is 0 Å². The summed E-state index contributed by atoms with van der Waals surface area (Å²) >= 11 is 3.55. The zero-order valence-corrected chi connectivity index (χ0v) is 25.5. The molecule has 2 aliphatic rings. The van der Waals surface area contributed by atoms with Gasteiger partial charge in [0.1, 0.15) is 11.9 Å². The molecule has 41 heavy (non-hydrogen) atoms. The molecule has 8 nitrogen and oxygen atoms in total. The fraction of sp³-hybridized carbons (Fsp3) is 0.500. The van der Waals surface area contributed by atoms with Crippen LogP contribution in [0.25, 0.3) is 0 Å². The number of nitrogen functional groups attached to an aromatic ring is 1. The van der Waals surface area contributed by atoms with Gasteiger partial charge in [-0.1, -0.05) is 71.6 Å². The molecule has 1 aliphatic carbocycles. The summed E-state index contributed by atoms with van der Waals surface area (Å²) in [5.41, 5.74) is 8.11. The second kappa shape index (κ2) is 14.6. The third kappa shape index (κ3) is 8.64. The SMILES string of the molecule is CC(=N)N1CCC(CNC(=O)C(NC(=O)C(Cc2ccc(C(=N)N)cc2)c2cccc(Br)c2)C2CCCCC2)CC1. The summed E-state index contributed by atoms with van der Waals surface area (Å²) in [6.07, 6.45) is 7.54. The van der Waals surface area contributed by atoms with Crippen LogP contribution in [-0.2, 0) is 16.0 Å². The Bertz CT molecular complexity index is 1220. The van der Waals surface area contributed by atoms with E-state index in [2.05, 4.69) is 31.5 Å². The highest BCUT2D eigenvalue weighted by Gasteiger charge is 2.34. The van der Waals surface area contributed by atoms with Gasteiger partial charge < -0.3 is 21.3 Å². The number of hydrogen-bond donors (Lipinski definition) is 5. The normalized spacial score (nSPS) is 17.9. The van der Waals surface area contributed by atoms with Crippen molar-refractivity contribution in [3.8, 4) is 0 Å². The van der Waals surface area contributed by atoms with Crippen LogP contribution in [0.1, 0.15) is 74.5 Å². The molecule has 2 fully saturated rings. The van der Waals surface area contributed by atoms with E-state index in [4.69, 9.17) is 16.6 Å². The number of piperidine rings is 1. The van der Waals surface area contributed by atoms with Crippen molar-refractivity contribution in [2.24, 2.45) is 17.6 Å². The van der Waals surface area contributed by atoms with Gasteiger partial charge >= 0.3 is 0 Å². The number of carbonyl (C=O) groups is 2. The summed E-state index contributed by atoms with van der Waals surface area (Å²) in [5, 5.41) is 21.9. The predicted octanol–water partition coefficient (Wildman–Crippen LogP) is 4.95. The van der Waals surface area contributed by atoms with Gasteiger partial charge in [-0.15, -0.1) is 0 Å². The summed E-state index contributed by atoms with van der Waals surface area (Å²) < 4.78 is 0.894. The third-order valence-electron chi connectivity index (χ3n) is 8.63. The van der Waals surface area contributed by atoms with E-state index in [9.17, 15) is 9.59 Å². The maximum atomic E-state index is 14.0. The molecular weight excluding hydrogens is 580 g/mol. The standard InChI is InChI=1S/C32H43BrN6O2/c1-21(34)39-16-14-23(15-17-39)20-37-32(41)29(24-6-3-2-4-7-24)38-31(40)28(26-8-5-9-27(33)19-26)18-22-10-12-25(13-11-22)30(35)36/h5,8-13,19,23-24,28-29,34H,2-4,6-7,14-18,20H2,1H3,(H3,35,36)(H,37,41)(H,38,40). The van der Waals surface area contributed by atoms with Gasteiger partial charge in [0.15, 0.2) is 0 Å². The monoisotopic (exact) mass is 622 g/mol. The third-order valence-corrected chi connectivity index (χ3v) is 9.12. The average Bonchev–Trinajstić information content (AvgIpc) is 2.98. The Labute approximate surface area is 252 Å². The van der Waals surface area contributed by atoms with E-state index in [1.54, 1.807) is 12.1 Å². The number of rotatable bonds is 10. The smallest absolute Gasteiger partial charge is 0.242 e. The van der Waals surface area contributed by atoms with E-state index >= 15 is 0 Å². The average molecular weight is 624 g/mol. The highest BCUT2D eigenvalue weighted by atomic mass is 79.9. The number of halogens is 1. The minimum Gasteiger partial charge on any atom is -0.384 e. The Morgan fingerprint density at radius 1 is 1.00 bits per heavy atom. The molecule has 1 saturated carbocycles. The van der Waals surface area contributed by atoms with Crippen molar-refractivity contribution < 1.29 is 9.59 Å². The molecule has 1 saturated heterocycles. The second-order valence-corrected chi connectivity index (χ2v) is 12.5. The van der Waals surface area contributed by atoms with Gasteiger partial charge in [-0.3, -0.25) is 20.4 Å². The van der Waals surface area contributed by atoms with Crippen molar-refractivity contribution in [2.75, 3.05) is 19.6 Å². The first-order valence-electron chi connectivity index (χ1n) is 14.8. The quantitative estimate of drug-likeness (QED) is 0.189. The van der Waals surface area contributed by atoms with Crippen LogP contribution in [0.2, 0.25) is 0 Å². The molecule has 0 bridgehead atoms. The van der Waals surface area contributed by atoms with Gasteiger partial charge in [-0.25, -0.2) is 0 Å². The Morgan fingerprint density at radius 3 is 2.29 bits per heavy atom. The molecule has 0 radical (unpaired) electrons. The number of benzene rings is 2. The molecule has 4 rings (SSSR count). The van der Waals surface area contributed by atoms with Gasteiger partial charge in [0.05, 0.1) is 11.8 Å². The van der Waals surface area contributed by atoms with E-state index in [-0.39, 0.29) is 23.6 Å². The molecule has 9 heteroatoms. The summed E-state index contributed by atoms with van der Waals surface area (Å²) in [4.78, 5) is 29.8. The van der Waals surface area contributed by atoms with Crippen LogP contribution in [0.15, 0.2) is 53.0 Å². The number of carbonyl (C=O) groups excluding carboxylic acids is 2. The highest BCUT2D eigenvalue weighted by molar-refractivity contribution is 9.10. The number of amidine groups is 2. The summed E-state index contributed by atoms with van der Waals surface area (Å²) in [7, 11) is 0.